The largest absolute Gasteiger partial charge is 0.289 e. The summed E-state index contributed by atoms with van der Waals surface area (Å²) in [6, 6.07) is 5.99. The highest BCUT2D eigenvalue weighted by molar-refractivity contribution is 6.21. The Bertz CT molecular complexity index is 533. The number of nitrogens with zero attached hydrogens (tertiary/aromatic N) is 1. The van der Waals surface area contributed by atoms with Crippen LogP contribution in [0.15, 0.2) is 24.3 Å². The van der Waals surface area contributed by atoms with Crippen molar-refractivity contribution in [1.29, 1.82) is 0 Å². The van der Waals surface area contributed by atoms with Gasteiger partial charge in [0.2, 0.25) is 5.91 Å². The molecule has 0 fully saturated rings. The molecule has 20 heavy (non-hydrogen) atoms. The molecule has 0 saturated heterocycles. The molecule has 0 aliphatic carbocycles. The summed E-state index contributed by atoms with van der Waals surface area (Å²) in [7, 11) is 0. The maximum absolute atomic E-state index is 12.3. The van der Waals surface area contributed by atoms with Crippen LogP contribution >= 0.6 is 0 Å². The zero-order valence-electron chi connectivity index (χ0n) is 11.3. The fourth-order valence-electron chi connectivity index (χ4n) is 2.37. The number of imide groups is 1. The molecule has 1 aromatic carbocycles. The molecule has 2 rings (SSSR count). The van der Waals surface area contributed by atoms with Crippen LogP contribution in [0, 0.1) is 5.92 Å². The van der Waals surface area contributed by atoms with E-state index in [0.29, 0.717) is 11.1 Å². The van der Waals surface area contributed by atoms with Crippen molar-refractivity contribution in [3.63, 3.8) is 0 Å². The number of hydroxylamine groups is 1. The van der Waals surface area contributed by atoms with Crippen molar-refractivity contribution in [2.24, 2.45) is 5.92 Å². The van der Waals surface area contributed by atoms with Gasteiger partial charge in [0.25, 0.3) is 11.8 Å². The van der Waals surface area contributed by atoms with Crippen molar-refractivity contribution in [2.45, 2.75) is 26.3 Å². The normalized spacial score (nSPS) is 15.5. The van der Waals surface area contributed by atoms with Crippen LogP contribution in [0.3, 0.4) is 0 Å². The van der Waals surface area contributed by atoms with Gasteiger partial charge < -0.3 is 0 Å². The average Bonchev–Trinajstić information content (AvgIpc) is 2.69. The highest BCUT2D eigenvalue weighted by atomic mass is 16.5. The number of rotatable bonds is 4. The molecular weight excluding hydrogens is 260 g/mol. The predicted molar refractivity (Wildman–Crippen MR) is 70.1 cm³/mol. The van der Waals surface area contributed by atoms with Crippen LogP contribution in [0.4, 0.5) is 0 Å². The molecule has 2 N–H and O–H groups in total. The molecule has 0 unspecified atom stereocenters. The number of fused-ring (bicyclic) bond motifs is 1. The van der Waals surface area contributed by atoms with Crippen molar-refractivity contribution < 1.29 is 19.6 Å². The van der Waals surface area contributed by atoms with Crippen LogP contribution < -0.4 is 5.48 Å². The third-order valence-electron chi connectivity index (χ3n) is 3.45. The molecule has 0 aromatic heterocycles. The number of amides is 3. The highest BCUT2D eigenvalue weighted by Crippen LogP contribution is 2.28. The second-order valence-corrected chi connectivity index (χ2v) is 5.08. The number of nitrogens with one attached hydrogen (secondary N) is 1. The summed E-state index contributed by atoms with van der Waals surface area (Å²) in [5, 5.41) is 8.63. The molecule has 106 valence electrons. The van der Waals surface area contributed by atoms with Crippen LogP contribution in [0.2, 0.25) is 0 Å². The average molecular weight is 276 g/mol. The van der Waals surface area contributed by atoms with Crippen molar-refractivity contribution in [1.82, 2.24) is 10.4 Å². The van der Waals surface area contributed by atoms with Gasteiger partial charge in [0.1, 0.15) is 0 Å². The lowest BCUT2D eigenvalue weighted by Gasteiger charge is -2.28. The fourth-order valence-corrected chi connectivity index (χ4v) is 2.37. The lowest BCUT2D eigenvalue weighted by molar-refractivity contribution is -0.130. The Morgan fingerprint density at radius 1 is 1.20 bits per heavy atom. The third kappa shape index (κ3) is 2.30. The van der Waals surface area contributed by atoms with Gasteiger partial charge in [-0.3, -0.25) is 24.5 Å². The first-order valence-corrected chi connectivity index (χ1v) is 6.37. The summed E-state index contributed by atoms with van der Waals surface area (Å²) in [6.07, 6.45) is -0.125. The van der Waals surface area contributed by atoms with E-state index in [-0.39, 0.29) is 12.3 Å². The van der Waals surface area contributed by atoms with E-state index in [1.165, 1.54) is 5.48 Å². The molecule has 6 heteroatoms. The maximum Gasteiger partial charge on any atom is 0.261 e. The zero-order valence-corrected chi connectivity index (χ0v) is 11.3. The van der Waals surface area contributed by atoms with Crippen LogP contribution in [0.25, 0.3) is 0 Å². The Kier molecular flexibility index (Phi) is 3.85. The number of hydrogen-bond donors (Lipinski definition) is 2. The van der Waals surface area contributed by atoms with E-state index in [1.54, 1.807) is 24.3 Å². The van der Waals surface area contributed by atoms with Gasteiger partial charge in [-0.1, -0.05) is 26.0 Å². The number of benzene rings is 1. The molecule has 1 atom stereocenters. The molecule has 1 heterocycles. The minimum atomic E-state index is -0.625. The van der Waals surface area contributed by atoms with Crippen molar-refractivity contribution in [2.75, 3.05) is 0 Å². The molecule has 6 nitrogen and oxygen atoms in total. The second kappa shape index (κ2) is 5.42. The first kappa shape index (κ1) is 14.2. The van der Waals surface area contributed by atoms with E-state index >= 15 is 0 Å². The molecule has 0 radical (unpaired) electrons. The van der Waals surface area contributed by atoms with Gasteiger partial charge in [-0.05, 0) is 18.1 Å². The van der Waals surface area contributed by atoms with Gasteiger partial charge >= 0.3 is 0 Å². The van der Waals surface area contributed by atoms with E-state index in [0.717, 1.165) is 4.90 Å². The maximum atomic E-state index is 12.3. The lowest BCUT2D eigenvalue weighted by Crippen LogP contribution is -2.45. The van der Waals surface area contributed by atoms with Crippen LogP contribution in [-0.4, -0.2) is 33.9 Å². The monoisotopic (exact) mass is 276 g/mol. The van der Waals surface area contributed by atoms with E-state index in [9.17, 15) is 14.4 Å². The molecule has 0 spiro atoms. The smallest absolute Gasteiger partial charge is 0.261 e. The number of hydrogen-bond acceptors (Lipinski definition) is 4. The minimum Gasteiger partial charge on any atom is -0.289 e. The number of carbonyl (C=O) groups is 3. The van der Waals surface area contributed by atoms with E-state index in [4.69, 9.17) is 5.21 Å². The first-order chi connectivity index (χ1) is 9.47. The van der Waals surface area contributed by atoms with Crippen molar-refractivity contribution >= 4 is 17.7 Å². The summed E-state index contributed by atoms with van der Waals surface area (Å²) in [5.74, 6) is -1.51. The Balaban J connectivity index is 2.35. The summed E-state index contributed by atoms with van der Waals surface area (Å²) in [6.45, 7) is 3.64. The topological polar surface area (TPSA) is 86.7 Å². The highest BCUT2D eigenvalue weighted by Gasteiger charge is 2.41. The summed E-state index contributed by atoms with van der Waals surface area (Å²) in [4.78, 5) is 37.1. The van der Waals surface area contributed by atoms with E-state index in [2.05, 4.69) is 0 Å². The molecular formula is C14H16N2O4. The Morgan fingerprint density at radius 3 is 2.10 bits per heavy atom. The Labute approximate surface area is 116 Å². The first-order valence-electron chi connectivity index (χ1n) is 6.37. The standard InChI is InChI=1S/C14H16N2O4/c1-8(2)11(7-12(17)15-20)16-13(18)9-5-3-4-6-10(9)14(16)19/h3-6,8,11,20H,7H2,1-2H3,(H,15,17)/t11-/m1/s1. The molecule has 1 aromatic rings. The Morgan fingerprint density at radius 2 is 1.70 bits per heavy atom. The van der Waals surface area contributed by atoms with Crippen molar-refractivity contribution in [3.05, 3.63) is 35.4 Å². The summed E-state index contributed by atoms with van der Waals surface area (Å²) < 4.78 is 0. The quantitative estimate of drug-likeness (QED) is 0.491. The van der Waals surface area contributed by atoms with E-state index < -0.39 is 23.8 Å². The van der Waals surface area contributed by atoms with Gasteiger partial charge in [-0.2, -0.15) is 0 Å². The molecule has 0 saturated carbocycles. The molecule has 3 amide bonds. The molecule has 1 aliphatic heterocycles. The van der Waals surface area contributed by atoms with Gasteiger partial charge in [-0.25, -0.2) is 5.48 Å². The van der Waals surface area contributed by atoms with Gasteiger partial charge in [0.15, 0.2) is 0 Å². The van der Waals surface area contributed by atoms with Crippen molar-refractivity contribution in [3.8, 4) is 0 Å². The van der Waals surface area contributed by atoms with Gasteiger partial charge in [-0.15, -0.1) is 0 Å². The molecule has 0 bridgehead atoms. The minimum absolute atomic E-state index is 0.102. The SMILES string of the molecule is CC(C)[C@@H](CC(=O)NO)N1C(=O)c2ccccc2C1=O. The fraction of sp³-hybridized carbons (Fsp3) is 0.357. The van der Waals surface area contributed by atoms with Crippen LogP contribution in [0.1, 0.15) is 41.0 Å². The van der Waals surface area contributed by atoms with Crippen LogP contribution in [-0.2, 0) is 4.79 Å². The third-order valence-corrected chi connectivity index (χ3v) is 3.45. The zero-order chi connectivity index (χ0) is 14.9. The summed E-state index contributed by atoms with van der Waals surface area (Å²) >= 11 is 0. The Hall–Kier alpha value is -2.21. The lowest BCUT2D eigenvalue weighted by atomic mass is 9.99. The molecule has 1 aliphatic rings. The van der Waals surface area contributed by atoms with E-state index in [1.807, 2.05) is 13.8 Å². The number of carbonyl (C=O) groups excluding carboxylic acids is 3. The van der Waals surface area contributed by atoms with Gasteiger partial charge in [0.05, 0.1) is 17.2 Å². The predicted octanol–water partition coefficient (Wildman–Crippen LogP) is 1.20. The van der Waals surface area contributed by atoms with Gasteiger partial charge in [0, 0.05) is 6.42 Å². The second-order valence-electron chi connectivity index (χ2n) is 5.08. The van der Waals surface area contributed by atoms with Crippen LogP contribution in [0.5, 0.6) is 0 Å². The summed E-state index contributed by atoms with van der Waals surface area (Å²) in [5.41, 5.74) is 2.24.